The number of hydrogen-bond acceptors (Lipinski definition) is 6. The van der Waals surface area contributed by atoms with Crippen molar-refractivity contribution in [3.63, 3.8) is 0 Å². The van der Waals surface area contributed by atoms with Crippen LogP contribution < -0.4 is 5.56 Å². The fraction of sp³-hybridized carbons (Fsp3) is 0.179. The Hall–Kier alpha value is -3.62. The Morgan fingerprint density at radius 2 is 1.78 bits per heavy atom. The number of thiazole rings is 1. The average Bonchev–Trinajstić information content (AvgIpc) is 3.46. The number of phenols is 1. The van der Waals surface area contributed by atoms with Gasteiger partial charge in [-0.25, -0.2) is 14.4 Å². The van der Waals surface area contributed by atoms with Gasteiger partial charge in [0.05, 0.1) is 27.5 Å². The van der Waals surface area contributed by atoms with Crippen LogP contribution in [0.4, 0.5) is 4.39 Å². The van der Waals surface area contributed by atoms with E-state index in [1.54, 1.807) is 28.9 Å². The molecule has 3 aromatic heterocycles. The van der Waals surface area contributed by atoms with Gasteiger partial charge in [0.1, 0.15) is 5.82 Å². The summed E-state index contributed by atoms with van der Waals surface area (Å²) in [6.45, 7) is 6.10. The molecule has 0 spiro atoms. The highest BCUT2D eigenvalue weighted by molar-refractivity contribution is 7.16. The highest BCUT2D eigenvalue weighted by Gasteiger charge is 2.22. The Morgan fingerprint density at radius 1 is 1.00 bits per heavy atom. The van der Waals surface area contributed by atoms with Crippen molar-refractivity contribution in [2.75, 3.05) is 0 Å². The number of aromatic nitrogens is 3. The Kier molecular flexibility index (Phi) is 6.55. The van der Waals surface area contributed by atoms with E-state index < -0.39 is 11.6 Å². The maximum atomic E-state index is 14.2. The van der Waals surface area contributed by atoms with Crippen molar-refractivity contribution in [1.29, 1.82) is 0 Å². The molecule has 0 unspecified atom stereocenters. The number of aromatic hydroxyl groups is 1. The number of halogens is 1. The second-order valence-electron chi connectivity index (χ2n) is 8.56. The zero-order chi connectivity index (χ0) is 25.4. The number of hydrogen-bond donors (Lipinski definition) is 1. The van der Waals surface area contributed by atoms with Crippen LogP contribution in [0.3, 0.4) is 0 Å². The van der Waals surface area contributed by atoms with E-state index in [2.05, 4.69) is 4.98 Å². The van der Waals surface area contributed by atoms with E-state index >= 15 is 0 Å². The number of thiophene rings is 1. The standard InChI is InChI=1S/C28H24FN3O2S2/c1-16-25(24-14-21(17(2)36-24)23-15-35-18(3)31-23)28(34)32(13-12-19-8-5-4-6-9-19)27(30-16)20-10-7-11-22(29)26(20)33/h4-11,14-15,33H,12-13H2,1-3H3. The predicted octanol–water partition coefficient (Wildman–Crippen LogP) is 6.77. The van der Waals surface area contributed by atoms with Crippen molar-refractivity contribution in [1.82, 2.24) is 14.5 Å². The van der Waals surface area contributed by atoms with Gasteiger partial charge >= 0.3 is 0 Å². The molecule has 0 saturated heterocycles. The minimum Gasteiger partial charge on any atom is -0.504 e. The van der Waals surface area contributed by atoms with Crippen molar-refractivity contribution in [3.8, 4) is 38.8 Å². The molecular weight excluding hydrogens is 493 g/mol. The van der Waals surface area contributed by atoms with E-state index in [1.807, 2.05) is 55.6 Å². The largest absolute Gasteiger partial charge is 0.504 e. The van der Waals surface area contributed by atoms with Crippen molar-refractivity contribution >= 4 is 22.7 Å². The summed E-state index contributed by atoms with van der Waals surface area (Å²) >= 11 is 3.12. The van der Waals surface area contributed by atoms with E-state index in [0.717, 1.165) is 31.6 Å². The molecule has 0 aliphatic carbocycles. The SMILES string of the molecule is Cc1nc(-c2cc(-c3c(C)nc(-c4cccc(F)c4O)n(CCc4ccccc4)c3=O)sc2C)cs1. The number of rotatable bonds is 6. The maximum Gasteiger partial charge on any atom is 0.262 e. The number of benzene rings is 2. The molecule has 1 N–H and O–H groups in total. The van der Waals surface area contributed by atoms with Crippen LogP contribution in [-0.2, 0) is 13.0 Å². The molecule has 0 bridgehead atoms. The molecule has 0 amide bonds. The first-order valence-corrected chi connectivity index (χ1v) is 13.2. The van der Waals surface area contributed by atoms with Gasteiger partial charge in [0, 0.05) is 27.2 Å². The van der Waals surface area contributed by atoms with Gasteiger partial charge < -0.3 is 5.11 Å². The third-order valence-corrected chi connectivity index (χ3v) is 7.95. The molecule has 5 aromatic rings. The normalized spacial score (nSPS) is 11.2. The fourth-order valence-corrected chi connectivity index (χ4v) is 6.02. The number of aryl methyl sites for hydroxylation is 4. The van der Waals surface area contributed by atoms with Crippen molar-refractivity contribution in [3.05, 3.63) is 97.3 Å². The van der Waals surface area contributed by atoms with Gasteiger partial charge in [-0.15, -0.1) is 22.7 Å². The lowest BCUT2D eigenvalue weighted by Gasteiger charge is -2.16. The lowest BCUT2D eigenvalue weighted by atomic mass is 10.1. The first kappa shape index (κ1) is 24.1. The van der Waals surface area contributed by atoms with Crippen LogP contribution in [-0.4, -0.2) is 19.6 Å². The van der Waals surface area contributed by atoms with Crippen LogP contribution in [0.25, 0.3) is 33.1 Å². The Morgan fingerprint density at radius 3 is 2.50 bits per heavy atom. The van der Waals surface area contributed by atoms with Crippen LogP contribution in [0.15, 0.2) is 64.8 Å². The molecular formula is C28H24FN3O2S2. The summed E-state index contributed by atoms with van der Waals surface area (Å²) in [5.74, 6) is -1.02. The second kappa shape index (κ2) is 9.79. The molecule has 3 heterocycles. The number of para-hydroxylation sites is 1. The molecule has 8 heteroatoms. The van der Waals surface area contributed by atoms with Crippen LogP contribution in [0.5, 0.6) is 5.75 Å². The third-order valence-electron chi connectivity index (χ3n) is 6.10. The van der Waals surface area contributed by atoms with E-state index in [-0.39, 0.29) is 16.9 Å². The average molecular weight is 518 g/mol. The van der Waals surface area contributed by atoms with Crippen LogP contribution in [0.2, 0.25) is 0 Å². The Labute approximate surface area is 216 Å². The molecule has 0 aliphatic rings. The summed E-state index contributed by atoms with van der Waals surface area (Å²) in [4.78, 5) is 25.2. The molecule has 0 saturated carbocycles. The minimum atomic E-state index is -0.754. The van der Waals surface area contributed by atoms with Gasteiger partial charge in [-0.05, 0) is 51.0 Å². The molecule has 0 fully saturated rings. The van der Waals surface area contributed by atoms with Gasteiger partial charge in [-0.1, -0.05) is 36.4 Å². The van der Waals surface area contributed by atoms with Gasteiger partial charge in [-0.3, -0.25) is 9.36 Å². The first-order chi connectivity index (χ1) is 17.3. The molecule has 0 radical (unpaired) electrons. The summed E-state index contributed by atoms with van der Waals surface area (Å²) in [6, 6.07) is 16.1. The summed E-state index contributed by atoms with van der Waals surface area (Å²) < 4.78 is 15.8. The van der Waals surface area contributed by atoms with Gasteiger partial charge in [0.15, 0.2) is 11.6 Å². The lowest BCUT2D eigenvalue weighted by Crippen LogP contribution is -2.27. The van der Waals surface area contributed by atoms with Gasteiger partial charge in [0.2, 0.25) is 0 Å². The molecule has 5 nitrogen and oxygen atoms in total. The topological polar surface area (TPSA) is 68.0 Å². The quantitative estimate of drug-likeness (QED) is 0.270. The highest BCUT2D eigenvalue weighted by atomic mass is 32.1. The highest BCUT2D eigenvalue weighted by Crippen LogP contribution is 2.38. The fourth-order valence-electron chi connectivity index (χ4n) is 4.29. The zero-order valence-electron chi connectivity index (χ0n) is 20.1. The Balaban J connectivity index is 1.67. The summed E-state index contributed by atoms with van der Waals surface area (Å²) in [7, 11) is 0. The summed E-state index contributed by atoms with van der Waals surface area (Å²) in [6.07, 6.45) is 0.584. The molecule has 182 valence electrons. The number of nitrogens with zero attached hydrogens (tertiary/aromatic N) is 3. The Bertz CT molecular complexity index is 1620. The van der Waals surface area contributed by atoms with E-state index in [9.17, 15) is 14.3 Å². The third kappa shape index (κ3) is 4.50. The number of phenolic OH excluding ortho intramolecular Hbond substituents is 1. The predicted molar refractivity (Wildman–Crippen MR) is 144 cm³/mol. The second-order valence-corrected chi connectivity index (χ2v) is 10.9. The summed E-state index contributed by atoms with van der Waals surface area (Å²) in [5.41, 5.74) is 3.96. The van der Waals surface area contributed by atoms with E-state index in [0.29, 0.717) is 24.2 Å². The van der Waals surface area contributed by atoms with Crippen LogP contribution in [0, 0.1) is 26.6 Å². The van der Waals surface area contributed by atoms with Crippen LogP contribution >= 0.6 is 22.7 Å². The lowest BCUT2D eigenvalue weighted by molar-refractivity contribution is 0.433. The van der Waals surface area contributed by atoms with Gasteiger partial charge in [-0.2, -0.15) is 0 Å². The van der Waals surface area contributed by atoms with Gasteiger partial charge in [0.25, 0.3) is 5.56 Å². The van der Waals surface area contributed by atoms with Crippen molar-refractivity contribution < 1.29 is 9.50 Å². The molecule has 2 aromatic carbocycles. The minimum absolute atomic E-state index is 0.191. The van der Waals surface area contributed by atoms with Crippen molar-refractivity contribution in [2.45, 2.75) is 33.7 Å². The van der Waals surface area contributed by atoms with Crippen LogP contribution in [0.1, 0.15) is 21.1 Å². The molecule has 0 atom stereocenters. The first-order valence-electron chi connectivity index (χ1n) is 11.5. The van der Waals surface area contributed by atoms with Crippen molar-refractivity contribution in [2.24, 2.45) is 0 Å². The zero-order valence-corrected chi connectivity index (χ0v) is 21.7. The maximum absolute atomic E-state index is 14.2. The smallest absolute Gasteiger partial charge is 0.262 e. The monoisotopic (exact) mass is 517 g/mol. The molecule has 5 rings (SSSR count). The van der Waals surface area contributed by atoms with E-state index in [1.165, 1.54) is 23.5 Å². The van der Waals surface area contributed by atoms with E-state index in [4.69, 9.17) is 4.98 Å². The molecule has 0 aliphatic heterocycles. The summed E-state index contributed by atoms with van der Waals surface area (Å²) in [5, 5.41) is 13.5. The molecule has 36 heavy (non-hydrogen) atoms.